The maximum atomic E-state index is 12.5. The Kier molecular flexibility index (Phi) is 5.49. The first-order chi connectivity index (χ1) is 13.0. The third-order valence-electron chi connectivity index (χ3n) is 4.51. The highest BCUT2D eigenvalue weighted by Gasteiger charge is 2.22. The molecule has 27 heavy (non-hydrogen) atoms. The maximum Gasteiger partial charge on any atom is 0.322 e. The highest BCUT2D eigenvalue weighted by atomic mass is 16.5. The van der Waals surface area contributed by atoms with Crippen LogP contribution in [0.3, 0.4) is 0 Å². The second-order valence-corrected chi connectivity index (χ2v) is 6.26. The molecule has 0 spiro atoms. The monoisotopic (exact) mass is 369 g/mol. The predicted molar refractivity (Wildman–Crippen MR) is 103 cm³/mol. The fourth-order valence-corrected chi connectivity index (χ4v) is 3.08. The van der Waals surface area contributed by atoms with E-state index >= 15 is 0 Å². The molecule has 2 aromatic rings. The molecule has 1 fully saturated rings. The van der Waals surface area contributed by atoms with Crippen LogP contribution in [-0.2, 0) is 6.54 Å². The van der Waals surface area contributed by atoms with Gasteiger partial charge in [0.25, 0.3) is 5.91 Å². The first-order valence-corrected chi connectivity index (χ1v) is 8.68. The van der Waals surface area contributed by atoms with Gasteiger partial charge in [0.15, 0.2) is 11.5 Å². The van der Waals surface area contributed by atoms with Crippen LogP contribution in [0.4, 0.5) is 10.5 Å². The molecule has 142 valence electrons. The molecule has 0 bridgehead atoms. The number of benzene rings is 2. The summed E-state index contributed by atoms with van der Waals surface area (Å²) in [5, 5.41) is 5.68. The lowest BCUT2D eigenvalue weighted by Gasteiger charge is -2.17. The van der Waals surface area contributed by atoms with Crippen LogP contribution in [0.2, 0.25) is 0 Å². The quantitative estimate of drug-likeness (QED) is 0.820. The Balaban J connectivity index is 1.68. The van der Waals surface area contributed by atoms with E-state index in [-0.39, 0.29) is 11.9 Å². The molecule has 3 rings (SSSR count). The summed E-state index contributed by atoms with van der Waals surface area (Å²) in [6, 6.07) is 10.7. The molecule has 1 saturated heterocycles. The van der Waals surface area contributed by atoms with Gasteiger partial charge in [-0.2, -0.15) is 0 Å². The Hall–Kier alpha value is -3.22. The Morgan fingerprint density at radius 2 is 1.93 bits per heavy atom. The van der Waals surface area contributed by atoms with Gasteiger partial charge in [0.05, 0.1) is 14.2 Å². The van der Waals surface area contributed by atoms with Gasteiger partial charge in [0, 0.05) is 30.9 Å². The number of ether oxygens (including phenoxy) is 2. The van der Waals surface area contributed by atoms with Crippen molar-refractivity contribution in [1.82, 2.24) is 10.6 Å². The van der Waals surface area contributed by atoms with Crippen molar-refractivity contribution in [3.8, 4) is 11.5 Å². The lowest BCUT2D eigenvalue weighted by atomic mass is 10.1. The second-order valence-electron chi connectivity index (χ2n) is 6.26. The minimum Gasteiger partial charge on any atom is -0.493 e. The highest BCUT2D eigenvalue weighted by molar-refractivity contribution is 5.97. The number of nitrogens with one attached hydrogen (secondary N) is 2. The molecule has 0 aliphatic carbocycles. The lowest BCUT2D eigenvalue weighted by Crippen LogP contribution is -2.28. The second kappa shape index (κ2) is 7.99. The zero-order valence-electron chi connectivity index (χ0n) is 15.7. The van der Waals surface area contributed by atoms with E-state index in [4.69, 9.17) is 9.47 Å². The number of hydrogen-bond donors (Lipinski definition) is 2. The molecule has 7 nitrogen and oxygen atoms in total. The van der Waals surface area contributed by atoms with Crippen molar-refractivity contribution in [3.63, 3.8) is 0 Å². The summed E-state index contributed by atoms with van der Waals surface area (Å²) < 4.78 is 10.5. The zero-order chi connectivity index (χ0) is 19.4. The van der Waals surface area contributed by atoms with Gasteiger partial charge in [0.2, 0.25) is 0 Å². The van der Waals surface area contributed by atoms with E-state index in [2.05, 4.69) is 10.6 Å². The molecule has 1 aliphatic rings. The predicted octanol–water partition coefficient (Wildman–Crippen LogP) is 2.47. The molecule has 0 aromatic heterocycles. The van der Waals surface area contributed by atoms with Gasteiger partial charge < -0.3 is 20.1 Å². The number of carbonyl (C=O) groups is 2. The van der Waals surface area contributed by atoms with Crippen molar-refractivity contribution in [1.29, 1.82) is 0 Å². The number of urea groups is 1. The van der Waals surface area contributed by atoms with E-state index in [9.17, 15) is 9.59 Å². The van der Waals surface area contributed by atoms with Crippen molar-refractivity contribution < 1.29 is 19.1 Å². The van der Waals surface area contributed by atoms with Crippen LogP contribution >= 0.6 is 0 Å². The average Bonchev–Trinajstić information content (AvgIpc) is 3.11. The van der Waals surface area contributed by atoms with Gasteiger partial charge in [-0.1, -0.05) is 6.07 Å². The van der Waals surface area contributed by atoms with Crippen LogP contribution in [0.15, 0.2) is 36.4 Å². The summed E-state index contributed by atoms with van der Waals surface area (Å²) in [6.07, 6.45) is 0. The third kappa shape index (κ3) is 3.97. The van der Waals surface area contributed by atoms with Gasteiger partial charge in [-0.3, -0.25) is 9.69 Å². The van der Waals surface area contributed by atoms with E-state index in [1.165, 1.54) is 0 Å². The van der Waals surface area contributed by atoms with Crippen molar-refractivity contribution in [2.24, 2.45) is 0 Å². The number of aryl methyl sites for hydroxylation is 1. The fourth-order valence-electron chi connectivity index (χ4n) is 3.08. The Morgan fingerprint density at radius 3 is 2.56 bits per heavy atom. The smallest absolute Gasteiger partial charge is 0.322 e. The van der Waals surface area contributed by atoms with E-state index in [0.717, 1.165) is 16.8 Å². The Morgan fingerprint density at radius 1 is 1.15 bits per heavy atom. The number of hydrogen-bond acceptors (Lipinski definition) is 4. The van der Waals surface area contributed by atoms with Gasteiger partial charge in [-0.15, -0.1) is 0 Å². The molecule has 2 N–H and O–H groups in total. The number of anilines is 1. The van der Waals surface area contributed by atoms with E-state index in [1.807, 2.05) is 25.1 Å². The molecular weight excluding hydrogens is 346 g/mol. The Labute approximate surface area is 158 Å². The van der Waals surface area contributed by atoms with Crippen molar-refractivity contribution in [2.45, 2.75) is 13.5 Å². The molecular formula is C20H23N3O4. The molecule has 0 unspecified atom stereocenters. The van der Waals surface area contributed by atoms with Crippen molar-refractivity contribution >= 4 is 17.6 Å². The van der Waals surface area contributed by atoms with Gasteiger partial charge in [-0.25, -0.2) is 4.79 Å². The number of amides is 3. The Bertz CT molecular complexity index is 866. The minimum absolute atomic E-state index is 0.108. The third-order valence-corrected chi connectivity index (χ3v) is 4.51. The maximum absolute atomic E-state index is 12.5. The van der Waals surface area contributed by atoms with Crippen LogP contribution in [0, 0.1) is 6.92 Å². The normalized spacial score (nSPS) is 13.3. The van der Waals surface area contributed by atoms with Gasteiger partial charge in [-0.05, 0) is 48.4 Å². The zero-order valence-corrected chi connectivity index (χ0v) is 15.7. The molecule has 0 atom stereocenters. The number of rotatable bonds is 6. The van der Waals surface area contributed by atoms with Crippen molar-refractivity contribution in [3.05, 3.63) is 53.1 Å². The first-order valence-electron chi connectivity index (χ1n) is 8.68. The number of carbonyl (C=O) groups excluding carboxylic acids is 2. The molecule has 0 radical (unpaired) electrons. The summed E-state index contributed by atoms with van der Waals surface area (Å²) in [5.74, 6) is 1.09. The summed E-state index contributed by atoms with van der Waals surface area (Å²) in [6.45, 7) is 3.52. The summed E-state index contributed by atoms with van der Waals surface area (Å²) in [4.78, 5) is 26.0. The lowest BCUT2D eigenvalue weighted by molar-refractivity contribution is 0.0951. The number of methoxy groups -OCH3 is 2. The summed E-state index contributed by atoms with van der Waals surface area (Å²) in [5.41, 5.74) is 3.16. The standard InChI is InChI=1S/C20H23N3O4/c1-13-10-15(5-6-16(13)23-9-8-21-20(23)25)19(24)22-12-14-4-7-17(26-2)18(11-14)27-3/h4-7,10-11H,8-9,12H2,1-3H3,(H,21,25)(H,22,24). The average molecular weight is 369 g/mol. The van der Waals surface area contributed by atoms with Crippen molar-refractivity contribution in [2.75, 3.05) is 32.2 Å². The topological polar surface area (TPSA) is 79.9 Å². The SMILES string of the molecule is COc1ccc(CNC(=O)c2ccc(N3CCNC3=O)c(C)c2)cc1OC. The van der Waals surface area contributed by atoms with Crippen LogP contribution in [0.5, 0.6) is 11.5 Å². The van der Waals surface area contributed by atoms with Crippen LogP contribution in [0.1, 0.15) is 21.5 Å². The highest BCUT2D eigenvalue weighted by Crippen LogP contribution is 2.27. The van der Waals surface area contributed by atoms with E-state index in [1.54, 1.807) is 37.3 Å². The first kappa shape index (κ1) is 18.6. The largest absolute Gasteiger partial charge is 0.493 e. The molecule has 0 saturated carbocycles. The van der Waals surface area contributed by atoms with Gasteiger partial charge >= 0.3 is 6.03 Å². The van der Waals surface area contributed by atoms with Crippen LogP contribution in [-0.4, -0.2) is 39.2 Å². The minimum atomic E-state index is -0.176. The fraction of sp³-hybridized carbons (Fsp3) is 0.300. The molecule has 1 aliphatic heterocycles. The summed E-state index contributed by atoms with van der Waals surface area (Å²) >= 11 is 0. The molecule has 1 heterocycles. The number of nitrogens with zero attached hydrogens (tertiary/aromatic N) is 1. The van der Waals surface area contributed by atoms with Gasteiger partial charge in [0.1, 0.15) is 0 Å². The van der Waals surface area contributed by atoms with Crippen LogP contribution < -0.4 is 25.0 Å². The van der Waals surface area contributed by atoms with E-state index < -0.39 is 0 Å². The summed E-state index contributed by atoms with van der Waals surface area (Å²) in [7, 11) is 3.16. The van der Waals surface area contributed by atoms with Crippen LogP contribution in [0.25, 0.3) is 0 Å². The molecule has 3 amide bonds. The van der Waals surface area contributed by atoms with E-state index in [0.29, 0.717) is 36.7 Å². The molecule has 7 heteroatoms. The molecule has 2 aromatic carbocycles.